The van der Waals surface area contributed by atoms with Gasteiger partial charge in [0.15, 0.2) is 6.04 Å². The number of nitro groups is 1. The van der Waals surface area contributed by atoms with Crippen molar-refractivity contribution < 1.29 is 14.5 Å². The Balaban J connectivity index is 2.26. The third kappa shape index (κ3) is 3.92. The molecule has 126 valence electrons. The van der Waals surface area contributed by atoms with Crippen molar-refractivity contribution in [2.45, 2.75) is 38.8 Å². The summed E-state index contributed by atoms with van der Waals surface area (Å²) in [6, 6.07) is 9.28. The summed E-state index contributed by atoms with van der Waals surface area (Å²) in [5.41, 5.74) is 0.458. The topological polar surface area (TPSA) is 98.9 Å². The summed E-state index contributed by atoms with van der Waals surface area (Å²) in [7, 11) is 0. The van der Waals surface area contributed by atoms with Gasteiger partial charge in [0.25, 0.3) is 5.69 Å². The molecular weight excluding hydrogens is 312 g/mol. The van der Waals surface area contributed by atoms with Crippen LogP contribution in [0.25, 0.3) is 10.8 Å². The molecule has 1 atom stereocenters. The maximum atomic E-state index is 11.8. The maximum absolute atomic E-state index is 11.8. The van der Waals surface area contributed by atoms with Gasteiger partial charge >= 0.3 is 5.97 Å². The number of nitrogens with zero attached hydrogens (tertiary/aromatic N) is 2. The van der Waals surface area contributed by atoms with Gasteiger partial charge in [-0.3, -0.25) is 10.1 Å². The van der Waals surface area contributed by atoms with Crippen molar-refractivity contribution in [3.05, 3.63) is 57.0 Å². The molecule has 0 spiro atoms. The van der Waals surface area contributed by atoms with Crippen LogP contribution in [-0.2, 0) is 16.0 Å². The summed E-state index contributed by atoms with van der Waals surface area (Å²) >= 11 is 0. The van der Waals surface area contributed by atoms with Gasteiger partial charge in [-0.15, -0.1) is 4.91 Å². The quantitative estimate of drug-likeness (QED) is 0.333. The predicted molar refractivity (Wildman–Crippen MR) is 89.7 cm³/mol. The Morgan fingerprint density at radius 3 is 2.58 bits per heavy atom. The van der Waals surface area contributed by atoms with E-state index in [4.69, 9.17) is 4.74 Å². The van der Waals surface area contributed by atoms with Gasteiger partial charge in [0.05, 0.1) is 16.4 Å². The Morgan fingerprint density at radius 2 is 1.96 bits per heavy atom. The minimum absolute atomic E-state index is 0.00465. The van der Waals surface area contributed by atoms with Gasteiger partial charge in [0, 0.05) is 5.56 Å². The number of esters is 1. The van der Waals surface area contributed by atoms with Crippen molar-refractivity contribution in [3.63, 3.8) is 0 Å². The molecule has 0 N–H and O–H groups in total. The zero-order chi connectivity index (χ0) is 17.7. The lowest BCUT2D eigenvalue weighted by atomic mass is 9.99. The van der Waals surface area contributed by atoms with Crippen molar-refractivity contribution in [2.24, 2.45) is 5.18 Å². The van der Waals surface area contributed by atoms with E-state index in [2.05, 4.69) is 5.18 Å². The third-order valence-corrected chi connectivity index (χ3v) is 3.61. The van der Waals surface area contributed by atoms with Gasteiger partial charge in [0.2, 0.25) is 0 Å². The SMILES string of the molecule is CC(C)OC(=O)C(CCc1ccc2ccccc2c1[N+](=O)[O-])N=O. The summed E-state index contributed by atoms with van der Waals surface area (Å²) in [5.74, 6) is -0.705. The van der Waals surface area contributed by atoms with Crippen molar-refractivity contribution in [3.8, 4) is 0 Å². The molecule has 2 aromatic rings. The molecule has 7 heteroatoms. The zero-order valence-corrected chi connectivity index (χ0v) is 13.5. The van der Waals surface area contributed by atoms with Crippen LogP contribution in [0.2, 0.25) is 0 Å². The number of aryl methyl sites for hydroxylation is 1. The highest BCUT2D eigenvalue weighted by Gasteiger charge is 2.24. The number of benzene rings is 2. The molecule has 0 saturated heterocycles. The molecule has 0 amide bonds. The lowest BCUT2D eigenvalue weighted by Crippen LogP contribution is -2.24. The summed E-state index contributed by atoms with van der Waals surface area (Å²) in [6.07, 6.45) is -0.101. The van der Waals surface area contributed by atoms with Crippen LogP contribution < -0.4 is 0 Å². The lowest BCUT2D eigenvalue weighted by molar-refractivity contribution is -0.383. The van der Waals surface area contributed by atoms with Crippen LogP contribution >= 0.6 is 0 Å². The van der Waals surface area contributed by atoms with Crippen LogP contribution in [0, 0.1) is 15.0 Å². The first kappa shape index (κ1) is 17.5. The van der Waals surface area contributed by atoms with Crippen LogP contribution in [0.15, 0.2) is 41.6 Å². The number of nitroso groups, excluding NO2 is 1. The van der Waals surface area contributed by atoms with E-state index in [1.807, 2.05) is 0 Å². The average Bonchev–Trinajstić information content (AvgIpc) is 2.53. The first-order valence-electron chi connectivity index (χ1n) is 7.62. The van der Waals surface area contributed by atoms with Gasteiger partial charge in [-0.1, -0.05) is 35.5 Å². The second-order valence-corrected chi connectivity index (χ2v) is 5.70. The highest BCUT2D eigenvalue weighted by molar-refractivity contribution is 5.92. The average molecular weight is 330 g/mol. The number of rotatable bonds is 7. The largest absolute Gasteiger partial charge is 0.461 e. The fraction of sp³-hybridized carbons (Fsp3) is 0.353. The van der Waals surface area contributed by atoms with Crippen molar-refractivity contribution in [2.75, 3.05) is 0 Å². The summed E-state index contributed by atoms with van der Waals surface area (Å²) in [5, 5.41) is 15.5. The Morgan fingerprint density at radius 1 is 1.25 bits per heavy atom. The van der Waals surface area contributed by atoms with Crippen LogP contribution in [0.1, 0.15) is 25.8 Å². The van der Waals surface area contributed by atoms with Gasteiger partial charge in [-0.25, -0.2) is 4.79 Å². The number of carbonyl (C=O) groups is 1. The van der Waals surface area contributed by atoms with E-state index in [0.717, 1.165) is 5.39 Å². The minimum Gasteiger partial charge on any atom is -0.461 e. The minimum atomic E-state index is -1.17. The molecular formula is C17H18N2O5. The van der Waals surface area contributed by atoms with E-state index in [0.29, 0.717) is 10.9 Å². The summed E-state index contributed by atoms with van der Waals surface area (Å²) in [6.45, 7) is 3.35. The van der Waals surface area contributed by atoms with Crippen molar-refractivity contribution >= 4 is 22.4 Å². The molecule has 0 aliphatic rings. The first-order valence-corrected chi connectivity index (χ1v) is 7.62. The molecule has 1 unspecified atom stereocenters. The number of nitro benzene ring substituents is 1. The Bertz CT molecular complexity index is 773. The molecule has 0 bridgehead atoms. The monoisotopic (exact) mass is 330 g/mol. The normalized spacial score (nSPS) is 12.1. The molecule has 2 rings (SSSR count). The number of hydrogen-bond acceptors (Lipinski definition) is 6. The van der Waals surface area contributed by atoms with Crippen molar-refractivity contribution in [1.82, 2.24) is 0 Å². The van der Waals surface area contributed by atoms with Crippen LogP contribution in [-0.4, -0.2) is 23.0 Å². The molecule has 0 aromatic heterocycles. The number of ether oxygens (including phenoxy) is 1. The van der Waals surface area contributed by atoms with E-state index in [1.54, 1.807) is 50.2 Å². The molecule has 7 nitrogen and oxygen atoms in total. The summed E-state index contributed by atoms with van der Waals surface area (Å²) in [4.78, 5) is 33.7. The van der Waals surface area contributed by atoms with Crippen molar-refractivity contribution in [1.29, 1.82) is 0 Å². The fourth-order valence-corrected chi connectivity index (χ4v) is 2.53. The van der Waals surface area contributed by atoms with Crippen LogP contribution in [0.3, 0.4) is 0 Å². The third-order valence-electron chi connectivity index (χ3n) is 3.61. The highest BCUT2D eigenvalue weighted by atomic mass is 16.6. The maximum Gasteiger partial charge on any atom is 0.334 e. The van der Waals surface area contributed by atoms with Crippen LogP contribution in [0.4, 0.5) is 5.69 Å². The Labute approximate surface area is 138 Å². The fourth-order valence-electron chi connectivity index (χ4n) is 2.53. The van der Waals surface area contributed by atoms with E-state index in [-0.39, 0.29) is 24.6 Å². The number of fused-ring (bicyclic) bond motifs is 1. The molecule has 24 heavy (non-hydrogen) atoms. The van der Waals surface area contributed by atoms with E-state index in [1.165, 1.54) is 0 Å². The number of hydrogen-bond donors (Lipinski definition) is 0. The molecule has 0 heterocycles. The number of carbonyl (C=O) groups excluding carboxylic acids is 1. The smallest absolute Gasteiger partial charge is 0.334 e. The Hall–Kier alpha value is -2.83. The van der Waals surface area contributed by atoms with E-state index < -0.39 is 16.9 Å². The lowest BCUT2D eigenvalue weighted by Gasteiger charge is -2.12. The van der Waals surface area contributed by atoms with Gasteiger partial charge < -0.3 is 4.74 Å². The predicted octanol–water partition coefficient (Wildman–Crippen LogP) is 3.77. The zero-order valence-electron chi connectivity index (χ0n) is 13.5. The molecule has 0 radical (unpaired) electrons. The van der Waals surface area contributed by atoms with Gasteiger partial charge in [-0.05, 0) is 38.1 Å². The van der Waals surface area contributed by atoms with E-state index in [9.17, 15) is 19.8 Å². The first-order chi connectivity index (χ1) is 11.4. The molecule has 0 aliphatic heterocycles. The molecule has 0 aliphatic carbocycles. The molecule has 2 aromatic carbocycles. The van der Waals surface area contributed by atoms with Crippen LogP contribution in [0.5, 0.6) is 0 Å². The summed E-state index contributed by atoms with van der Waals surface area (Å²) < 4.78 is 4.97. The standard InChI is InChI=1S/C17H18N2O5/c1-11(2)24-17(20)15(18-21)10-9-13-8-7-12-5-3-4-6-14(12)16(13)19(22)23/h3-8,11,15H,9-10H2,1-2H3. The second-order valence-electron chi connectivity index (χ2n) is 5.70. The highest BCUT2D eigenvalue weighted by Crippen LogP contribution is 2.30. The molecule has 0 saturated carbocycles. The molecule has 0 fully saturated rings. The van der Waals surface area contributed by atoms with Gasteiger partial charge in [-0.2, -0.15) is 0 Å². The second kappa shape index (κ2) is 7.63. The van der Waals surface area contributed by atoms with Gasteiger partial charge in [0.1, 0.15) is 0 Å². The Kier molecular flexibility index (Phi) is 5.57. The van der Waals surface area contributed by atoms with E-state index >= 15 is 0 Å².